The molecule has 8 heteroatoms. The number of amides is 1. The Labute approximate surface area is 159 Å². The van der Waals surface area contributed by atoms with Crippen LogP contribution in [-0.2, 0) is 6.54 Å². The predicted molar refractivity (Wildman–Crippen MR) is 102 cm³/mol. The summed E-state index contributed by atoms with van der Waals surface area (Å²) in [7, 11) is 0. The van der Waals surface area contributed by atoms with Crippen LogP contribution in [0.25, 0.3) is 22.5 Å². The van der Waals surface area contributed by atoms with Gasteiger partial charge in [-0.3, -0.25) is 9.78 Å². The quantitative estimate of drug-likeness (QED) is 0.495. The van der Waals surface area contributed by atoms with Crippen molar-refractivity contribution in [3.63, 3.8) is 0 Å². The normalized spacial score (nSPS) is 10.7. The molecule has 3 aromatic heterocycles. The van der Waals surface area contributed by atoms with E-state index in [-0.39, 0.29) is 5.91 Å². The van der Waals surface area contributed by atoms with Gasteiger partial charge < -0.3 is 10.3 Å². The van der Waals surface area contributed by atoms with Crippen LogP contribution in [0.5, 0.6) is 0 Å². The van der Waals surface area contributed by atoms with E-state index in [9.17, 15) is 4.79 Å². The molecular weight excluding hydrogens is 364 g/mol. The highest BCUT2D eigenvalue weighted by atomic mass is 35.5. The monoisotopic (exact) mass is 378 g/mol. The highest BCUT2D eigenvalue weighted by molar-refractivity contribution is 6.30. The zero-order chi connectivity index (χ0) is 18.6. The summed E-state index contributed by atoms with van der Waals surface area (Å²) in [5.41, 5.74) is 4.33. The molecule has 0 unspecified atom stereocenters. The average molecular weight is 379 g/mol. The molecule has 4 aromatic rings. The van der Waals surface area contributed by atoms with Gasteiger partial charge in [0, 0.05) is 41.3 Å². The fraction of sp³-hybridized carbons (Fsp3) is 0.0526. The minimum Gasteiger partial charge on any atom is -0.357 e. The maximum atomic E-state index is 12.4. The molecule has 134 valence electrons. The molecule has 3 heterocycles. The van der Waals surface area contributed by atoms with Gasteiger partial charge in [-0.1, -0.05) is 23.7 Å². The number of pyridine rings is 1. The largest absolute Gasteiger partial charge is 0.357 e. The van der Waals surface area contributed by atoms with Gasteiger partial charge in [0.2, 0.25) is 0 Å². The standard InChI is InChI=1S/C19H15ClN6O/c20-15-3-1-2-13(8-15)17-18(25-26-24-17)14-9-16(22-11-14)19(27)23-10-12-4-6-21-7-5-12/h1-9,11,22H,10H2,(H,23,27)(H,24,25,26). The lowest BCUT2D eigenvalue weighted by molar-refractivity contribution is 0.0946. The second-order valence-electron chi connectivity index (χ2n) is 5.87. The first-order valence-corrected chi connectivity index (χ1v) is 8.61. The lowest BCUT2D eigenvalue weighted by Crippen LogP contribution is -2.22. The number of carbonyl (C=O) groups is 1. The van der Waals surface area contributed by atoms with Crippen molar-refractivity contribution < 1.29 is 4.79 Å². The fourth-order valence-corrected chi connectivity index (χ4v) is 2.90. The predicted octanol–water partition coefficient (Wildman–Crippen LogP) is 3.45. The third-order valence-corrected chi connectivity index (χ3v) is 4.28. The topological polar surface area (TPSA) is 99.3 Å². The van der Waals surface area contributed by atoms with Crippen molar-refractivity contribution in [2.45, 2.75) is 6.54 Å². The Morgan fingerprint density at radius 1 is 1.04 bits per heavy atom. The molecule has 0 atom stereocenters. The van der Waals surface area contributed by atoms with E-state index < -0.39 is 0 Å². The molecule has 0 bridgehead atoms. The van der Waals surface area contributed by atoms with Gasteiger partial charge in [-0.25, -0.2) is 0 Å². The molecule has 0 radical (unpaired) electrons. The van der Waals surface area contributed by atoms with Crippen molar-refractivity contribution in [1.29, 1.82) is 0 Å². The summed E-state index contributed by atoms with van der Waals surface area (Å²) in [6, 6.07) is 12.8. The van der Waals surface area contributed by atoms with Gasteiger partial charge in [0.05, 0.1) is 0 Å². The minimum absolute atomic E-state index is 0.203. The first kappa shape index (κ1) is 17.0. The van der Waals surface area contributed by atoms with E-state index in [1.807, 2.05) is 30.3 Å². The molecule has 0 aliphatic carbocycles. The van der Waals surface area contributed by atoms with Crippen molar-refractivity contribution in [3.05, 3.63) is 77.3 Å². The number of rotatable bonds is 5. The zero-order valence-corrected chi connectivity index (χ0v) is 14.9. The highest BCUT2D eigenvalue weighted by Gasteiger charge is 2.16. The van der Waals surface area contributed by atoms with Gasteiger partial charge in [0.15, 0.2) is 0 Å². The number of nitrogens with zero attached hydrogens (tertiary/aromatic N) is 3. The number of H-pyrrole nitrogens is 2. The van der Waals surface area contributed by atoms with Crippen LogP contribution >= 0.6 is 11.6 Å². The summed E-state index contributed by atoms with van der Waals surface area (Å²) in [4.78, 5) is 19.3. The van der Waals surface area contributed by atoms with Crippen LogP contribution < -0.4 is 5.32 Å². The van der Waals surface area contributed by atoms with E-state index in [2.05, 4.69) is 30.7 Å². The third-order valence-electron chi connectivity index (χ3n) is 4.05. The fourth-order valence-electron chi connectivity index (χ4n) is 2.71. The second kappa shape index (κ2) is 7.43. The zero-order valence-electron chi connectivity index (χ0n) is 14.1. The molecule has 27 heavy (non-hydrogen) atoms. The Kier molecular flexibility index (Phi) is 4.67. The van der Waals surface area contributed by atoms with E-state index in [4.69, 9.17) is 11.6 Å². The molecule has 4 rings (SSSR count). The van der Waals surface area contributed by atoms with E-state index in [1.165, 1.54) is 0 Å². The first-order valence-electron chi connectivity index (χ1n) is 8.23. The van der Waals surface area contributed by atoms with Crippen molar-refractivity contribution in [2.75, 3.05) is 0 Å². The first-order chi connectivity index (χ1) is 13.2. The molecule has 0 saturated heterocycles. The number of hydrogen-bond donors (Lipinski definition) is 3. The third kappa shape index (κ3) is 3.73. The summed E-state index contributed by atoms with van der Waals surface area (Å²) in [5, 5.41) is 14.6. The van der Waals surface area contributed by atoms with Crippen molar-refractivity contribution >= 4 is 17.5 Å². The van der Waals surface area contributed by atoms with Gasteiger partial charge in [-0.15, -0.1) is 0 Å². The van der Waals surface area contributed by atoms with Crippen LogP contribution in [0.3, 0.4) is 0 Å². The average Bonchev–Trinajstić information content (AvgIpc) is 3.36. The lowest BCUT2D eigenvalue weighted by atomic mass is 10.1. The number of hydrogen-bond acceptors (Lipinski definition) is 4. The lowest BCUT2D eigenvalue weighted by Gasteiger charge is -2.03. The minimum atomic E-state index is -0.203. The van der Waals surface area contributed by atoms with Crippen molar-refractivity contribution in [3.8, 4) is 22.5 Å². The van der Waals surface area contributed by atoms with Gasteiger partial charge in [0.1, 0.15) is 17.1 Å². The maximum absolute atomic E-state index is 12.4. The molecule has 0 aliphatic rings. The number of benzene rings is 1. The number of aromatic amines is 2. The van der Waals surface area contributed by atoms with Gasteiger partial charge in [-0.05, 0) is 35.9 Å². The number of carbonyl (C=O) groups excluding carboxylic acids is 1. The van der Waals surface area contributed by atoms with Gasteiger partial charge >= 0.3 is 0 Å². The van der Waals surface area contributed by atoms with Crippen LogP contribution in [0.4, 0.5) is 0 Å². The van der Waals surface area contributed by atoms with E-state index in [1.54, 1.807) is 30.7 Å². The number of aromatic nitrogens is 5. The molecule has 3 N–H and O–H groups in total. The van der Waals surface area contributed by atoms with E-state index in [0.717, 1.165) is 16.7 Å². The van der Waals surface area contributed by atoms with Gasteiger partial charge in [-0.2, -0.15) is 15.4 Å². The van der Waals surface area contributed by atoms with Gasteiger partial charge in [0.25, 0.3) is 5.91 Å². The molecule has 0 aliphatic heterocycles. The van der Waals surface area contributed by atoms with Crippen LogP contribution in [0.2, 0.25) is 5.02 Å². The highest BCUT2D eigenvalue weighted by Crippen LogP contribution is 2.30. The Bertz CT molecular complexity index is 1070. The smallest absolute Gasteiger partial charge is 0.267 e. The Hall–Kier alpha value is -3.45. The van der Waals surface area contributed by atoms with Crippen LogP contribution in [0.15, 0.2) is 61.1 Å². The number of halogens is 1. The Morgan fingerprint density at radius 3 is 2.59 bits per heavy atom. The van der Waals surface area contributed by atoms with Crippen LogP contribution in [0.1, 0.15) is 16.1 Å². The SMILES string of the molecule is O=C(NCc1ccncc1)c1cc(-c2n[nH]nc2-c2cccc(Cl)c2)c[nH]1. The summed E-state index contributed by atoms with van der Waals surface area (Å²) in [6.45, 7) is 0.424. The molecular formula is C19H15ClN6O. The Balaban J connectivity index is 1.53. The maximum Gasteiger partial charge on any atom is 0.267 e. The molecule has 7 nitrogen and oxygen atoms in total. The molecule has 1 amide bonds. The Morgan fingerprint density at radius 2 is 1.81 bits per heavy atom. The molecule has 0 fully saturated rings. The second-order valence-corrected chi connectivity index (χ2v) is 6.31. The van der Waals surface area contributed by atoms with Crippen LogP contribution in [-0.4, -0.2) is 31.3 Å². The van der Waals surface area contributed by atoms with E-state index >= 15 is 0 Å². The summed E-state index contributed by atoms with van der Waals surface area (Å²) < 4.78 is 0. The van der Waals surface area contributed by atoms with Crippen LogP contribution in [0, 0.1) is 0 Å². The molecule has 1 aromatic carbocycles. The molecule has 0 spiro atoms. The number of nitrogens with one attached hydrogen (secondary N) is 3. The summed E-state index contributed by atoms with van der Waals surface area (Å²) in [5.74, 6) is -0.203. The van der Waals surface area contributed by atoms with E-state index in [0.29, 0.717) is 28.6 Å². The van der Waals surface area contributed by atoms with Crippen molar-refractivity contribution in [2.24, 2.45) is 0 Å². The van der Waals surface area contributed by atoms with Crippen molar-refractivity contribution in [1.82, 2.24) is 30.7 Å². The summed E-state index contributed by atoms with van der Waals surface area (Å²) >= 11 is 6.07. The molecule has 0 saturated carbocycles. The summed E-state index contributed by atoms with van der Waals surface area (Å²) in [6.07, 6.45) is 5.11.